The van der Waals surface area contributed by atoms with Crippen molar-refractivity contribution in [3.05, 3.63) is 82.9 Å². The second kappa shape index (κ2) is 8.56. The van der Waals surface area contributed by atoms with E-state index >= 15 is 0 Å². The van der Waals surface area contributed by atoms with Crippen LogP contribution in [0.5, 0.6) is 17.2 Å². The number of benzene rings is 3. The zero-order valence-electron chi connectivity index (χ0n) is 18.8. The number of carbonyl (C=O) groups is 2. The number of thiazole rings is 1. The summed E-state index contributed by atoms with van der Waals surface area (Å²) in [7, 11) is 0. The SMILES string of the molecule is O=C1C(=O)N(c2nc3c(F)cc(F)cc3s2)C(c2ccc(O)cc2)/C1=C(\O)c1ccc2c(c1)OCCO2. The number of rotatable bonds is 3. The first kappa shape index (κ1) is 22.9. The average Bonchev–Trinajstić information content (AvgIpc) is 3.42. The summed E-state index contributed by atoms with van der Waals surface area (Å²) in [5.41, 5.74) is 0.198. The molecule has 2 aliphatic heterocycles. The predicted molar refractivity (Wildman–Crippen MR) is 130 cm³/mol. The second-order valence-electron chi connectivity index (χ2n) is 8.35. The first-order chi connectivity index (χ1) is 17.8. The van der Waals surface area contributed by atoms with Crippen LogP contribution in [0.15, 0.2) is 60.2 Å². The monoisotopic (exact) mass is 522 g/mol. The number of phenols is 1. The minimum atomic E-state index is -1.16. The molecule has 1 amide bonds. The molecule has 186 valence electrons. The number of Topliss-reactive ketones (excluding diaryl/α,β-unsaturated/α-hetero) is 1. The van der Waals surface area contributed by atoms with Gasteiger partial charge in [0.05, 0.1) is 16.3 Å². The van der Waals surface area contributed by atoms with Gasteiger partial charge in [0, 0.05) is 11.6 Å². The summed E-state index contributed by atoms with van der Waals surface area (Å²) in [5.74, 6) is -3.38. The van der Waals surface area contributed by atoms with E-state index < -0.39 is 35.1 Å². The average molecular weight is 522 g/mol. The molecule has 0 spiro atoms. The number of fused-ring (bicyclic) bond motifs is 2. The molecule has 11 heteroatoms. The van der Waals surface area contributed by atoms with Crippen LogP contribution in [-0.2, 0) is 9.59 Å². The lowest BCUT2D eigenvalue weighted by molar-refractivity contribution is -0.132. The lowest BCUT2D eigenvalue weighted by Gasteiger charge is -2.23. The van der Waals surface area contributed by atoms with Crippen molar-refractivity contribution in [2.45, 2.75) is 6.04 Å². The lowest BCUT2D eigenvalue weighted by Crippen LogP contribution is -2.29. The Balaban J connectivity index is 1.55. The molecule has 0 radical (unpaired) electrons. The van der Waals surface area contributed by atoms with Gasteiger partial charge in [0.25, 0.3) is 5.78 Å². The first-order valence-electron chi connectivity index (χ1n) is 11.1. The number of nitrogens with zero attached hydrogens (tertiary/aromatic N) is 2. The van der Waals surface area contributed by atoms with Crippen LogP contribution in [0.1, 0.15) is 17.2 Å². The molecule has 1 saturated heterocycles. The molecule has 6 rings (SSSR count). The maximum atomic E-state index is 14.4. The number of hydrogen-bond acceptors (Lipinski definition) is 8. The zero-order chi connectivity index (χ0) is 25.8. The third-order valence-corrected chi connectivity index (χ3v) is 7.08. The van der Waals surface area contributed by atoms with Gasteiger partial charge in [-0.05, 0) is 42.0 Å². The Morgan fingerprint density at radius 3 is 2.49 bits per heavy atom. The highest BCUT2D eigenvalue weighted by Gasteiger charge is 2.48. The Morgan fingerprint density at radius 1 is 1.00 bits per heavy atom. The highest BCUT2D eigenvalue weighted by Crippen LogP contribution is 2.45. The molecule has 0 bridgehead atoms. The third-order valence-electron chi connectivity index (χ3n) is 6.08. The molecule has 1 unspecified atom stereocenters. The Kier molecular flexibility index (Phi) is 5.30. The van der Waals surface area contributed by atoms with Crippen LogP contribution in [0.25, 0.3) is 16.0 Å². The summed E-state index contributed by atoms with van der Waals surface area (Å²) in [6, 6.07) is 10.9. The number of phenolic OH excluding ortho intramolecular Hbond substituents is 1. The molecule has 37 heavy (non-hydrogen) atoms. The van der Waals surface area contributed by atoms with Crippen molar-refractivity contribution in [2.75, 3.05) is 18.1 Å². The molecule has 3 heterocycles. The number of amides is 1. The number of aliphatic hydroxyl groups excluding tert-OH is 1. The lowest BCUT2D eigenvalue weighted by atomic mass is 9.95. The Labute approximate surface area is 211 Å². The fourth-order valence-corrected chi connectivity index (χ4v) is 5.43. The van der Waals surface area contributed by atoms with E-state index in [4.69, 9.17) is 9.47 Å². The van der Waals surface area contributed by atoms with Gasteiger partial charge >= 0.3 is 5.91 Å². The highest BCUT2D eigenvalue weighted by atomic mass is 32.1. The third kappa shape index (κ3) is 3.75. The van der Waals surface area contributed by atoms with Gasteiger partial charge in [0.1, 0.15) is 36.1 Å². The number of ketones is 1. The van der Waals surface area contributed by atoms with Crippen LogP contribution in [0, 0.1) is 11.6 Å². The number of aromatic nitrogens is 1. The van der Waals surface area contributed by atoms with Crippen molar-refractivity contribution < 1.29 is 38.1 Å². The summed E-state index contributed by atoms with van der Waals surface area (Å²) in [4.78, 5) is 31.8. The fourth-order valence-electron chi connectivity index (χ4n) is 4.40. The van der Waals surface area contributed by atoms with Gasteiger partial charge in [-0.3, -0.25) is 14.5 Å². The summed E-state index contributed by atoms with van der Waals surface area (Å²) < 4.78 is 39.4. The van der Waals surface area contributed by atoms with Crippen LogP contribution in [0.3, 0.4) is 0 Å². The van der Waals surface area contributed by atoms with Gasteiger partial charge in [-0.15, -0.1) is 0 Å². The molecule has 2 aliphatic rings. The summed E-state index contributed by atoms with van der Waals surface area (Å²) in [6.45, 7) is 0.681. The number of halogens is 2. The van der Waals surface area contributed by atoms with Crippen molar-refractivity contribution in [3.63, 3.8) is 0 Å². The van der Waals surface area contributed by atoms with E-state index in [9.17, 15) is 28.6 Å². The number of aliphatic hydroxyl groups is 1. The molecule has 0 aliphatic carbocycles. The van der Waals surface area contributed by atoms with E-state index in [0.717, 1.165) is 22.3 Å². The molecule has 0 saturated carbocycles. The van der Waals surface area contributed by atoms with Crippen LogP contribution >= 0.6 is 11.3 Å². The molecule has 1 aromatic heterocycles. The van der Waals surface area contributed by atoms with E-state index in [1.54, 1.807) is 6.07 Å². The molecule has 1 atom stereocenters. The standard InChI is InChI=1S/C26H16F2N2O6S/c27-14-10-16(28)21-19(11-14)37-26(29-21)30-22(12-1-4-15(31)5-2-12)20(24(33)25(30)34)23(32)13-3-6-17-18(9-13)36-8-7-35-17/h1-6,9-11,22,31-32H,7-8H2/b23-20+. The predicted octanol–water partition coefficient (Wildman–Crippen LogP) is 4.68. The van der Waals surface area contributed by atoms with Crippen LogP contribution in [0.4, 0.5) is 13.9 Å². The van der Waals surface area contributed by atoms with Gasteiger partial charge in [0.15, 0.2) is 22.4 Å². The molecule has 8 nitrogen and oxygen atoms in total. The highest BCUT2D eigenvalue weighted by molar-refractivity contribution is 7.22. The smallest absolute Gasteiger partial charge is 0.301 e. The van der Waals surface area contributed by atoms with Crippen molar-refractivity contribution in [1.29, 1.82) is 0 Å². The van der Waals surface area contributed by atoms with Gasteiger partial charge < -0.3 is 19.7 Å². The molecular formula is C26H16F2N2O6S. The molecular weight excluding hydrogens is 506 g/mol. The maximum absolute atomic E-state index is 14.4. The number of aromatic hydroxyl groups is 1. The van der Waals surface area contributed by atoms with Gasteiger partial charge in [0.2, 0.25) is 0 Å². The van der Waals surface area contributed by atoms with Gasteiger partial charge in [-0.25, -0.2) is 13.8 Å². The van der Waals surface area contributed by atoms with Crippen molar-refractivity contribution >= 4 is 44.1 Å². The van der Waals surface area contributed by atoms with Crippen molar-refractivity contribution in [2.24, 2.45) is 0 Å². The van der Waals surface area contributed by atoms with Gasteiger partial charge in [-0.2, -0.15) is 0 Å². The maximum Gasteiger partial charge on any atom is 0.301 e. The first-order valence-corrected chi connectivity index (χ1v) is 11.9. The molecule has 1 fully saturated rings. The van der Waals surface area contributed by atoms with Crippen LogP contribution < -0.4 is 14.4 Å². The normalized spacial score (nSPS) is 18.5. The van der Waals surface area contributed by atoms with Crippen molar-refractivity contribution in [1.82, 2.24) is 4.98 Å². The fraction of sp³-hybridized carbons (Fsp3) is 0.115. The van der Waals surface area contributed by atoms with Crippen LogP contribution in [0.2, 0.25) is 0 Å². The number of anilines is 1. The zero-order valence-corrected chi connectivity index (χ0v) is 19.6. The number of ether oxygens (including phenoxy) is 2. The van der Waals surface area contributed by atoms with E-state index in [1.807, 2.05) is 0 Å². The van der Waals surface area contributed by atoms with E-state index in [0.29, 0.717) is 36.3 Å². The van der Waals surface area contributed by atoms with Gasteiger partial charge in [-0.1, -0.05) is 23.5 Å². The quantitative estimate of drug-likeness (QED) is 0.229. The second-order valence-corrected chi connectivity index (χ2v) is 9.36. The Hall–Kier alpha value is -4.51. The van der Waals surface area contributed by atoms with E-state index in [2.05, 4.69) is 4.98 Å². The minimum absolute atomic E-state index is 0.0509. The Bertz CT molecular complexity index is 1630. The van der Waals surface area contributed by atoms with E-state index in [1.165, 1.54) is 36.4 Å². The summed E-state index contributed by atoms with van der Waals surface area (Å²) in [6.07, 6.45) is 0. The summed E-state index contributed by atoms with van der Waals surface area (Å²) in [5, 5.41) is 21.0. The topological polar surface area (TPSA) is 109 Å². The van der Waals surface area contributed by atoms with Crippen LogP contribution in [-0.4, -0.2) is 40.1 Å². The van der Waals surface area contributed by atoms with Crippen molar-refractivity contribution in [3.8, 4) is 17.2 Å². The number of hydrogen-bond donors (Lipinski definition) is 2. The largest absolute Gasteiger partial charge is 0.508 e. The van der Waals surface area contributed by atoms with E-state index in [-0.39, 0.29) is 32.2 Å². The molecule has 4 aromatic rings. The summed E-state index contributed by atoms with van der Waals surface area (Å²) >= 11 is 0.830. The minimum Gasteiger partial charge on any atom is -0.508 e. The molecule has 3 aromatic carbocycles. The molecule has 2 N–H and O–H groups in total. The number of carbonyl (C=O) groups excluding carboxylic acids is 2. The Morgan fingerprint density at radius 2 is 1.73 bits per heavy atom.